The molecule has 5 nitrogen and oxygen atoms in total. The molecule has 18 heavy (non-hydrogen) atoms. The predicted octanol–water partition coefficient (Wildman–Crippen LogP) is 1.41. The maximum absolute atomic E-state index is 12.3. The topological polar surface area (TPSA) is 58.6 Å². The van der Waals surface area contributed by atoms with Crippen LogP contribution in [0.15, 0.2) is 24.3 Å². The van der Waals surface area contributed by atoms with Gasteiger partial charge in [0.1, 0.15) is 0 Å². The van der Waals surface area contributed by atoms with Crippen LogP contribution in [0, 0.1) is 5.92 Å². The zero-order chi connectivity index (χ0) is 12.7. The van der Waals surface area contributed by atoms with Gasteiger partial charge in [0.15, 0.2) is 0 Å². The molecule has 2 aliphatic rings. The van der Waals surface area contributed by atoms with Crippen LogP contribution in [0.4, 0.5) is 10.5 Å². The van der Waals surface area contributed by atoms with Crippen molar-refractivity contribution in [2.24, 2.45) is 5.92 Å². The molecule has 2 aliphatic heterocycles. The maximum Gasteiger partial charge on any atom is 0.329 e. The van der Waals surface area contributed by atoms with E-state index in [2.05, 4.69) is 5.32 Å². The van der Waals surface area contributed by atoms with Crippen LogP contribution in [0.25, 0.3) is 0 Å². The normalized spacial score (nSPS) is 27.1. The van der Waals surface area contributed by atoms with Gasteiger partial charge in [0, 0.05) is 5.02 Å². The lowest BCUT2D eigenvalue weighted by molar-refractivity contribution is -0.122. The molecule has 1 aromatic carbocycles. The highest BCUT2D eigenvalue weighted by molar-refractivity contribution is 6.30. The highest BCUT2D eigenvalue weighted by Gasteiger charge is 2.44. The minimum atomic E-state index is -0.408. The zero-order valence-corrected chi connectivity index (χ0v) is 10.2. The number of halogens is 1. The molecule has 2 unspecified atom stereocenters. The number of hydrogen-bond donors (Lipinski definition) is 1. The number of amides is 3. The van der Waals surface area contributed by atoms with Gasteiger partial charge in [-0.3, -0.25) is 4.79 Å². The number of nitrogens with zero attached hydrogens (tertiary/aromatic N) is 1. The molecule has 2 saturated heterocycles. The third-order valence-corrected chi connectivity index (χ3v) is 3.47. The Balaban J connectivity index is 1.93. The van der Waals surface area contributed by atoms with Crippen LogP contribution < -0.4 is 10.2 Å². The van der Waals surface area contributed by atoms with Crippen LogP contribution in [0.1, 0.15) is 0 Å². The fraction of sp³-hybridized carbons (Fsp3) is 0.333. The Morgan fingerprint density at radius 2 is 1.94 bits per heavy atom. The number of fused-ring (bicyclic) bond motifs is 1. The summed E-state index contributed by atoms with van der Waals surface area (Å²) in [5.41, 5.74) is 0.521. The molecule has 3 rings (SSSR count). The third kappa shape index (κ3) is 1.76. The van der Waals surface area contributed by atoms with Crippen LogP contribution in [-0.4, -0.2) is 31.2 Å². The molecule has 2 atom stereocenters. The Morgan fingerprint density at radius 1 is 1.22 bits per heavy atom. The van der Waals surface area contributed by atoms with Crippen molar-refractivity contribution in [1.29, 1.82) is 0 Å². The van der Waals surface area contributed by atoms with Gasteiger partial charge in [-0.25, -0.2) is 9.69 Å². The van der Waals surface area contributed by atoms with Gasteiger partial charge in [-0.2, -0.15) is 0 Å². The molecule has 0 spiro atoms. The quantitative estimate of drug-likeness (QED) is 0.836. The van der Waals surface area contributed by atoms with Gasteiger partial charge >= 0.3 is 6.03 Å². The molecule has 0 aromatic heterocycles. The van der Waals surface area contributed by atoms with E-state index in [1.165, 1.54) is 0 Å². The van der Waals surface area contributed by atoms with Crippen molar-refractivity contribution in [3.05, 3.63) is 29.3 Å². The molecule has 0 aliphatic carbocycles. The maximum atomic E-state index is 12.3. The van der Waals surface area contributed by atoms with E-state index < -0.39 is 6.03 Å². The lowest BCUT2D eigenvalue weighted by Crippen LogP contribution is -2.59. The van der Waals surface area contributed by atoms with Gasteiger partial charge in [-0.1, -0.05) is 11.6 Å². The summed E-state index contributed by atoms with van der Waals surface area (Å²) in [5.74, 6) is -0.512. The Kier molecular flexibility index (Phi) is 2.72. The number of imide groups is 1. The number of carbonyl (C=O) groups excluding carboxylic acids is 2. The first-order chi connectivity index (χ1) is 8.66. The van der Waals surface area contributed by atoms with Crippen molar-refractivity contribution >= 4 is 29.2 Å². The van der Waals surface area contributed by atoms with E-state index in [9.17, 15) is 9.59 Å². The summed E-state index contributed by atoms with van der Waals surface area (Å²) < 4.78 is 5.23. The molecule has 94 valence electrons. The second-order valence-electron chi connectivity index (χ2n) is 4.35. The smallest absolute Gasteiger partial charge is 0.329 e. The fourth-order valence-corrected chi connectivity index (χ4v) is 2.39. The molecule has 0 bridgehead atoms. The summed E-state index contributed by atoms with van der Waals surface area (Å²) in [6, 6.07) is 5.98. The number of carbonyl (C=O) groups is 2. The highest BCUT2D eigenvalue weighted by Crippen LogP contribution is 2.26. The first-order valence-corrected chi connectivity index (χ1v) is 6.02. The SMILES string of the molecule is O=C1NC2COCC2C(=O)N1c1ccc(Cl)cc1. The largest absolute Gasteiger partial charge is 0.378 e. The standard InChI is InChI=1S/C12H11ClN2O3/c13-7-1-3-8(4-2-7)15-11(16)9-5-18-6-10(9)14-12(15)17/h1-4,9-10H,5-6H2,(H,14,17). The molecule has 0 saturated carbocycles. The van der Waals surface area contributed by atoms with Crippen LogP contribution >= 0.6 is 11.6 Å². The van der Waals surface area contributed by atoms with Crippen molar-refractivity contribution in [2.75, 3.05) is 18.1 Å². The third-order valence-electron chi connectivity index (χ3n) is 3.21. The average Bonchev–Trinajstić information content (AvgIpc) is 2.80. The number of urea groups is 1. The molecule has 3 amide bonds. The summed E-state index contributed by atoms with van der Waals surface area (Å²) in [5, 5.41) is 3.34. The molecular weight excluding hydrogens is 256 g/mol. The summed E-state index contributed by atoms with van der Waals surface area (Å²) >= 11 is 5.79. The van der Waals surface area contributed by atoms with E-state index >= 15 is 0 Å². The van der Waals surface area contributed by atoms with Crippen LogP contribution in [-0.2, 0) is 9.53 Å². The lowest BCUT2D eigenvalue weighted by atomic mass is 9.99. The lowest BCUT2D eigenvalue weighted by Gasteiger charge is -2.32. The van der Waals surface area contributed by atoms with Gasteiger partial charge in [0.25, 0.3) is 0 Å². The van der Waals surface area contributed by atoms with E-state index in [4.69, 9.17) is 16.3 Å². The summed E-state index contributed by atoms with van der Waals surface area (Å²) in [7, 11) is 0. The van der Waals surface area contributed by atoms with E-state index in [1.54, 1.807) is 24.3 Å². The minimum absolute atomic E-state index is 0.200. The zero-order valence-electron chi connectivity index (χ0n) is 9.43. The highest BCUT2D eigenvalue weighted by atomic mass is 35.5. The average molecular weight is 267 g/mol. The number of anilines is 1. The van der Waals surface area contributed by atoms with Gasteiger partial charge in [0.05, 0.1) is 30.9 Å². The van der Waals surface area contributed by atoms with Crippen molar-refractivity contribution in [3.63, 3.8) is 0 Å². The number of ether oxygens (including phenoxy) is 1. The second kappa shape index (κ2) is 4.26. The van der Waals surface area contributed by atoms with E-state index in [-0.39, 0.29) is 17.9 Å². The van der Waals surface area contributed by atoms with Crippen molar-refractivity contribution in [3.8, 4) is 0 Å². The molecule has 1 N–H and O–H groups in total. The Labute approximate surface area is 109 Å². The molecular formula is C12H11ClN2O3. The Morgan fingerprint density at radius 3 is 2.67 bits per heavy atom. The van der Waals surface area contributed by atoms with Gasteiger partial charge in [-0.15, -0.1) is 0 Å². The Bertz CT molecular complexity index is 503. The van der Waals surface area contributed by atoms with Crippen LogP contribution in [0.5, 0.6) is 0 Å². The van der Waals surface area contributed by atoms with Crippen molar-refractivity contribution in [2.45, 2.75) is 6.04 Å². The minimum Gasteiger partial charge on any atom is -0.378 e. The van der Waals surface area contributed by atoms with Gasteiger partial charge in [-0.05, 0) is 24.3 Å². The van der Waals surface area contributed by atoms with E-state index in [0.29, 0.717) is 23.9 Å². The fourth-order valence-electron chi connectivity index (χ4n) is 2.26. The van der Waals surface area contributed by atoms with Crippen molar-refractivity contribution in [1.82, 2.24) is 5.32 Å². The number of hydrogen-bond acceptors (Lipinski definition) is 3. The first kappa shape index (κ1) is 11.5. The van der Waals surface area contributed by atoms with Gasteiger partial charge in [0.2, 0.25) is 5.91 Å². The summed E-state index contributed by atoms with van der Waals surface area (Å²) in [6.07, 6.45) is 0. The molecule has 2 fully saturated rings. The molecule has 0 radical (unpaired) electrons. The summed E-state index contributed by atoms with van der Waals surface area (Å²) in [6.45, 7) is 0.754. The van der Waals surface area contributed by atoms with E-state index in [0.717, 1.165) is 4.90 Å². The molecule has 6 heteroatoms. The van der Waals surface area contributed by atoms with E-state index in [1.807, 2.05) is 0 Å². The Hall–Kier alpha value is -1.59. The number of rotatable bonds is 1. The summed E-state index contributed by atoms with van der Waals surface area (Å²) in [4.78, 5) is 25.3. The second-order valence-corrected chi connectivity index (χ2v) is 4.79. The first-order valence-electron chi connectivity index (χ1n) is 5.64. The molecule has 2 heterocycles. The number of nitrogens with one attached hydrogen (secondary N) is 1. The predicted molar refractivity (Wildman–Crippen MR) is 65.6 cm³/mol. The van der Waals surface area contributed by atoms with Crippen molar-refractivity contribution < 1.29 is 14.3 Å². The van der Waals surface area contributed by atoms with Crippen LogP contribution in [0.3, 0.4) is 0 Å². The van der Waals surface area contributed by atoms with Crippen LogP contribution in [0.2, 0.25) is 5.02 Å². The number of benzene rings is 1. The molecule has 1 aromatic rings. The van der Waals surface area contributed by atoms with Gasteiger partial charge < -0.3 is 10.1 Å². The monoisotopic (exact) mass is 266 g/mol.